The molecule has 20 heavy (non-hydrogen) atoms. The van der Waals surface area contributed by atoms with Crippen LogP contribution in [0.25, 0.3) is 10.9 Å². The molecule has 1 saturated carbocycles. The Kier molecular flexibility index (Phi) is 3.30. The second-order valence-electron chi connectivity index (χ2n) is 5.50. The van der Waals surface area contributed by atoms with Gasteiger partial charge in [0.25, 0.3) is 0 Å². The van der Waals surface area contributed by atoms with Crippen LogP contribution in [0.3, 0.4) is 0 Å². The molecule has 1 aromatic carbocycles. The first kappa shape index (κ1) is 12.9. The van der Waals surface area contributed by atoms with Crippen molar-refractivity contribution in [3.63, 3.8) is 0 Å². The van der Waals surface area contributed by atoms with Crippen molar-refractivity contribution in [3.8, 4) is 0 Å². The molecular formula is C16H20N4. The number of benzene rings is 1. The van der Waals surface area contributed by atoms with E-state index in [9.17, 15) is 0 Å². The quantitative estimate of drug-likeness (QED) is 0.647. The molecule has 1 aromatic heterocycles. The molecule has 3 N–H and O–H groups in total. The monoisotopic (exact) mass is 268 g/mol. The van der Waals surface area contributed by atoms with Crippen LogP contribution < -0.4 is 10.6 Å². The van der Waals surface area contributed by atoms with Gasteiger partial charge < -0.3 is 10.6 Å². The van der Waals surface area contributed by atoms with E-state index in [4.69, 9.17) is 11.1 Å². The molecule has 0 bridgehead atoms. The van der Waals surface area contributed by atoms with E-state index in [1.807, 2.05) is 13.0 Å². The fraction of sp³-hybridized carbons (Fsp3) is 0.375. The summed E-state index contributed by atoms with van der Waals surface area (Å²) < 4.78 is 0. The molecule has 0 spiro atoms. The topological polar surface area (TPSA) is 66.0 Å². The number of amidine groups is 1. The number of nitrogens with one attached hydrogen (secondary N) is 1. The van der Waals surface area contributed by atoms with Crippen LogP contribution in [0, 0.1) is 12.3 Å². The van der Waals surface area contributed by atoms with Gasteiger partial charge in [0, 0.05) is 35.8 Å². The van der Waals surface area contributed by atoms with Crippen molar-refractivity contribution in [3.05, 3.63) is 36.0 Å². The van der Waals surface area contributed by atoms with Gasteiger partial charge in [0.1, 0.15) is 0 Å². The first-order chi connectivity index (χ1) is 9.65. The van der Waals surface area contributed by atoms with E-state index in [2.05, 4.69) is 34.1 Å². The van der Waals surface area contributed by atoms with E-state index >= 15 is 0 Å². The van der Waals surface area contributed by atoms with E-state index in [-0.39, 0.29) is 5.84 Å². The van der Waals surface area contributed by atoms with Crippen LogP contribution in [0.15, 0.2) is 30.3 Å². The van der Waals surface area contributed by atoms with E-state index in [0.717, 1.165) is 17.8 Å². The van der Waals surface area contributed by atoms with Gasteiger partial charge in [0.15, 0.2) is 0 Å². The van der Waals surface area contributed by atoms with Crippen molar-refractivity contribution in [1.82, 2.24) is 4.98 Å². The van der Waals surface area contributed by atoms with Crippen LogP contribution >= 0.6 is 0 Å². The number of aromatic nitrogens is 1. The van der Waals surface area contributed by atoms with Crippen LogP contribution in [0.1, 0.15) is 25.0 Å². The highest BCUT2D eigenvalue weighted by Gasteiger charge is 2.30. The summed E-state index contributed by atoms with van der Waals surface area (Å²) in [7, 11) is 0. The Labute approximate surface area is 119 Å². The molecule has 1 aliphatic carbocycles. The summed E-state index contributed by atoms with van der Waals surface area (Å²) in [5.74, 6) is 0.255. The zero-order chi connectivity index (χ0) is 14.1. The van der Waals surface area contributed by atoms with Crippen LogP contribution in [0.4, 0.5) is 5.69 Å². The molecule has 1 heterocycles. The molecule has 0 radical (unpaired) electrons. The van der Waals surface area contributed by atoms with E-state index in [1.54, 1.807) is 0 Å². The second kappa shape index (κ2) is 5.12. The molecule has 0 amide bonds. The highest BCUT2D eigenvalue weighted by atomic mass is 15.2. The summed E-state index contributed by atoms with van der Waals surface area (Å²) in [5, 5.41) is 8.64. The highest BCUT2D eigenvalue weighted by molar-refractivity contribution is 5.92. The number of anilines is 1. The summed E-state index contributed by atoms with van der Waals surface area (Å²) >= 11 is 0. The minimum Gasteiger partial charge on any atom is -0.388 e. The number of pyridine rings is 1. The number of fused-ring (bicyclic) bond motifs is 1. The molecule has 0 atom stereocenters. The Morgan fingerprint density at radius 3 is 2.85 bits per heavy atom. The summed E-state index contributed by atoms with van der Waals surface area (Å²) in [6.45, 7) is 2.85. The molecule has 0 unspecified atom stereocenters. The Balaban J connectivity index is 2.03. The predicted molar refractivity (Wildman–Crippen MR) is 83.4 cm³/mol. The fourth-order valence-electron chi connectivity index (χ4n) is 2.65. The largest absolute Gasteiger partial charge is 0.388 e. The lowest BCUT2D eigenvalue weighted by atomic mass is 10.1. The third-order valence-corrected chi connectivity index (χ3v) is 3.74. The first-order valence-electron chi connectivity index (χ1n) is 7.11. The van der Waals surface area contributed by atoms with E-state index in [0.29, 0.717) is 12.5 Å². The van der Waals surface area contributed by atoms with Gasteiger partial charge in [0.05, 0.1) is 11.4 Å². The maximum absolute atomic E-state index is 7.46. The van der Waals surface area contributed by atoms with Crippen LogP contribution in [0.2, 0.25) is 0 Å². The second-order valence-corrected chi connectivity index (χ2v) is 5.50. The van der Waals surface area contributed by atoms with Crippen LogP contribution in [-0.4, -0.2) is 23.4 Å². The summed E-state index contributed by atoms with van der Waals surface area (Å²) in [4.78, 5) is 7.00. The minimum atomic E-state index is 0.255. The fourth-order valence-corrected chi connectivity index (χ4v) is 2.65. The lowest BCUT2D eigenvalue weighted by Crippen LogP contribution is -2.30. The Morgan fingerprint density at radius 2 is 2.15 bits per heavy atom. The van der Waals surface area contributed by atoms with Crippen molar-refractivity contribution in [2.24, 2.45) is 5.73 Å². The van der Waals surface area contributed by atoms with E-state index < -0.39 is 0 Å². The Bertz CT molecular complexity index is 646. The maximum atomic E-state index is 7.46. The standard InChI is InChI=1S/C16H20N4/c1-11-10-15(13-4-2-3-5-14(13)19-11)20(12-6-7-12)9-8-16(17)18/h2-5,10,12H,6-9H2,1H3,(H3,17,18). The lowest BCUT2D eigenvalue weighted by molar-refractivity contribution is 0.799. The van der Waals surface area contributed by atoms with Gasteiger partial charge in [-0.3, -0.25) is 10.4 Å². The normalized spacial score (nSPS) is 14.4. The average molecular weight is 268 g/mol. The molecule has 3 rings (SSSR count). The zero-order valence-corrected chi connectivity index (χ0v) is 11.8. The van der Waals surface area contributed by atoms with Crippen molar-refractivity contribution in [2.75, 3.05) is 11.4 Å². The Hall–Kier alpha value is -2.10. The van der Waals surface area contributed by atoms with E-state index in [1.165, 1.54) is 23.9 Å². The third-order valence-electron chi connectivity index (χ3n) is 3.74. The molecule has 104 valence electrons. The molecular weight excluding hydrogens is 248 g/mol. The molecule has 0 aliphatic heterocycles. The predicted octanol–water partition coefficient (Wildman–Crippen LogP) is 2.84. The van der Waals surface area contributed by atoms with Gasteiger partial charge in [-0.2, -0.15) is 0 Å². The smallest absolute Gasteiger partial charge is 0.0923 e. The third kappa shape index (κ3) is 2.59. The summed E-state index contributed by atoms with van der Waals surface area (Å²) in [6, 6.07) is 11.0. The van der Waals surface area contributed by atoms with Gasteiger partial charge in [-0.1, -0.05) is 18.2 Å². The molecule has 0 saturated heterocycles. The van der Waals surface area contributed by atoms with Gasteiger partial charge in [0.2, 0.25) is 0 Å². The van der Waals surface area contributed by atoms with Gasteiger partial charge >= 0.3 is 0 Å². The van der Waals surface area contributed by atoms with Crippen molar-refractivity contribution >= 4 is 22.4 Å². The molecule has 2 aromatic rings. The number of rotatable bonds is 5. The van der Waals surface area contributed by atoms with Crippen LogP contribution in [-0.2, 0) is 0 Å². The zero-order valence-electron chi connectivity index (χ0n) is 11.8. The van der Waals surface area contributed by atoms with Gasteiger partial charge in [-0.05, 0) is 31.9 Å². The average Bonchev–Trinajstić information content (AvgIpc) is 3.23. The number of aryl methyl sites for hydroxylation is 1. The minimum absolute atomic E-state index is 0.255. The number of nitrogens with zero attached hydrogens (tertiary/aromatic N) is 2. The number of para-hydroxylation sites is 1. The number of hydrogen-bond donors (Lipinski definition) is 2. The number of hydrogen-bond acceptors (Lipinski definition) is 3. The SMILES string of the molecule is Cc1cc(N(CCC(=N)N)C2CC2)c2ccccc2n1. The summed E-state index contributed by atoms with van der Waals surface area (Å²) in [6.07, 6.45) is 3.08. The highest BCUT2D eigenvalue weighted by Crippen LogP contribution is 2.35. The summed E-state index contributed by atoms with van der Waals surface area (Å²) in [5.41, 5.74) is 8.83. The lowest BCUT2D eigenvalue weighted by Gasteiger charge is -2.26. The van der Waals surface area contributed by atoms with Crippen LogP contribution in [0.5, 0.6) is 0 Å². The Morgan fingerprint density at radius 1 is 1.40 bits per heavy atom. The molecule has 4 nitrogen and oxygen atoms in total. The molecule has 1 aliphatic rings. The number of nitrogens with two attached hydrogens (primary N) is 1. The maximum Gasteiger partial charge on any atom is 0.0923 e. The van der Waals surface area contributed by atoms with Crippen molar-refractivity contribution in [2.45, 2.75) is 32.2 Å². The molecule has 4 heteroatoms. The van der Waals surface area contributed by atoms with Gasteiger partial charge in [-0.25, -0.2) is 0 Å². The van der Waals surface area contributed by atoms with Gasteiger partial charge in [-0.15, -0.1) is 0 Å². The van der Waals surface area contributed by atoms with Crippen molar-refractivity contribution < 1.29 is 0 Å². The molecule has 1 fully saturated rings. The van der Waals surface area contributed by atoms with Crippen molar-refractivity contribution in [1.29, 1.82) is 5.41 Å². The first-order valence-corrected chi connectivity index (χ1v) is 7.11.